The van der Waals surface area contributed by atoms with Gasteiger partial charge in [-0.25, -0.2) is 0 Å². The molecule has 0 radical (unpaired) electrons. The van der Waals surface area contributed by atoms with Gasteiger partial charge in [0.1, 0.15) is 0 Å². The van der Waals surface area contributed by atoms with Gasteiger partial charge in [-0.15, -0.1) is 0 Å². The van der Waals surface area contributed by atoms with Crippen LogP contribution in [0.2, 0.25) is 0 Å². The Balaban J connectivity index is 2.60. The maximum Gasteiger partial charge on any atom is 0.0488 e. The topological polar surface area (TPSA) is 43.1 Å². The molecule has 96 valence electrons. The summed E-state index contributed by atoms with van der Waals surface area (Å²) in [5, 5.41) is 0. The van der Waals surface area contributed by atoms with Gasteiger partial charge < -0.3 is 5.73 Å². The standard InChI is InChI=1S/C14H23NOS/c1-11-7-5-6-8-12(11)9-17(16)10-13(15)14(2,3)4/h5-8,13H,9-10,15H2,1-4H3. The van der Waals surface area contributed by atoms with E-state index >= 15 is 0 Å². The largest absolute Gasteiger partial charge is 0.326 e. The van der Waals surface area contributed by atoms with E-state index in [1.54, 1.807) is 0 Å². The first-order chi connectivity index (χ1) is 7.80. The number of aryl methyl sites for hydroxylation is 1. The van der Waals surface area contributed by atoms with Crippen molar-refractivity contribution < 1.29 is 4.21 Å². The molecule has 17 heavy (non-hydrogen) atoms. The minimum Gasteiger partial charge on any atom is -0.326 e. The zero-order valence-electron chi connectivity index (χ0n) is 11.2. The smallest absolute Gasteiger partial charge is 0.0488 e. The molecule has 2 N–H and O–H groups in total. The molecule has 2 unspecified atom stereocenters. The van der Waals surface area contributed by atoms with Gasteiger partial charge in [-0.2, -0.15) is 0 Å². The summed E-state index contributed by atoms with van der Waals surface area (Å²) in [5.41, 5.74) is 8.42. The van der Waals surface area contributed by atoms with Crippen molar-refractivity contribution in [1.29, 1.82) is 0 Å². The van der Waals surface area contributed by atoms with Crippen molar-refractivity contribution >= 4 is 10.8 Å². The van der Waals surface area contributed by atoms with Crippen molar-refractivity contribution in [3.8, 4) is 0 Å². The molecule has 1 rings (SSSR count). The zero-order chi connectivity index (χ0) is 13.1. The van der Waals surface area contributed by atoms with Gasteiger partial charge in [0.2, 0.25) is 0 Å². The SMILES string of the molecule is Cc1ccccc1CS(=O)CC(N)C(C)(C)C. The average molecular weight is 253 g/mol. The van der Waals surface area contributed by atoms with E-state index in [2.05, 4.69) is 33.8 Å². The van der Waals surface area contributed by atoms with Crippen LogP contribution in [0.3, 0.4) is 0 Å². The van der Waals surface area contributed by atoms with E-state index in [1.165, 1.54) is 5.56 Å². The highest BCUT2D eigenvalue weighted by atomic mass is 32.2. The second-order valence-electron chi connectivity index (χ2n) is 5.65. The van der Waals surface area contributed by atoms with Gasteiger partial charge in [0.05, 0.1) is 0 Å². The van der Waals surface area contributed by atoms with E-state index in [0.29, 0.717) is 11.5 Å². The summed E-state index contributed by atoms with van der Waals surface area (Å²) in [7, 11) is -0.883. The van der Waals surface area contributed by atoms with E-state index in [-0.39, 0.29) is 11.5 Å². The molecular weight excluding hydrogens is 230 g/mol. The molecular formula is C14H23NOS. The van der Waals surface area contributed by atoms with Gasteiger partial charge in [-0.3, -0.25) is 4.21 Å². The minimum absolute atomic E-state index is 0.0153. The molecule has 1 aromatic carbocycles. The zero-order valence-corrected chi connectivity index (χ0v) is 12.0. The third-order valence-electron chi connectivity index (χ3n) is 3.06. The molecule has 0 aromatic heterocycles. The Morgan fingerprint density at radius 2 is 1.88 bits per heavy atom. The van der Waals surface area contributed by atoms with E-state index in [9.17, 15) is 4.21 Å². The van der Waals surface area contributed by atoms with Crippen LogP contribution in [-0.4, -0.2) is 16.0 Å². The maximum atomic E-state index is 12.1. The van der Waals surface area contributed by atoms with E-state index in [0.717, 1.165) is 5.56 Å². The Labute approximate surface area is 107 Å². The van der Waals surface area contributed by atoms with Crippen LogP contribution in [0.4, 0.5) is 0 Å². The minimum atomic E-state index is -0.883. The Morgan fingerprint density at radius 3 is 2.41 bits per heavy atom. The van der Waals surface area contributed by atoms with Gasteiger partial charge in [0.15, 0.2) is 0 Å². The third kappa shape index (κ3) is 4.60. The Kier molecular flexibility index (Phi) is 4.90. The molecule has 3 heteroatoms. The highest BCUT2D eigenvalue weighted by Crippen LogP contribution is 2.19. The van der Waals surface area contributed by atoms with Crippen molar-refractivity contribution in [2.45, 2.75) is 39.5 Å². The summed E-state index contributed by atoms with van der Waals surface area (Å²) in [5.74, 6) is 1.17. The molecule has 0 spiro atoms. The fraction of sp³-hybridized carbons (Fsp3) is 0.571. The van der Waals surface area contributed by atoms with Gasteiger partial charge >= 0.3 is 0 Å². The van der Waals surface area contributed by atoms with Gasteiger partial charge in [-0.1, -0.05) is 45.0 Å². The maximum absolute atomic E-state index is 12.1. The van der Waals surface area contributed by atoms with Crippen molar-refractivity contribution in [3.05, 3.63) is 35.4 Å². The van der Waals surface area contributed by atoms with E-state index in [1.807, 2.05) is 18.2 Å². The Morgan fingerprint density at radius 1 is 1.29 bits per heavy atom. The van der Waals surface area contributed by atoms with Crippen LogP contribution in [0.5, 0.6) is 0 Å². The fourth-order valence-corrected chi connectivity index (χ4v) is 3.14. The van der Waals surface area contributed by atoms with E-state index in [4.69, 9.17) is 5.73 Å². The second kappa shape index (κ2) is 5.78. The van der Waals surface area contributed by atoms with E-state index < -0.39 is 10.8 Å². The van der Waals surface area contributed by atoms with Crippen LogP contribution >= 0.6 is 0 Å². The predicted molar refractivity (Wildman–Crippen MR) is 75.3 cm³/mol. The lowest BCUT2D eigenvalue weighted by Gasteiger charge is -2.26. The molecule has 0 saturated heterocycles. The van der Waals surface area contributed by atoms with Gasteiger partial charge in [-0.05, 0) is 23.5 Å². The van der Waals surface area contributed by atoms with Crippen molar-refractivity contribution in [1.82, 2.24) is 0 Å². The van der Waals surface area contributed by atoms with Gasteiger partial charge in [0, 0.05) is 28.3 Å². The molecule has 0 heterocycles. The van der Waals surface area contributed by atoms with Gasteiger partial charge in [0.25, 0.3) is 0 Å². The summed E-state index contributed by atoms with van der Waals surface area (Å²) >= 11 is 0. The molecule has 0 amide bonds. The van der Waals surface area contributed by atoms with Crippen LogP contribution < -0.4 is 5.73 Å². The lowest BCUT2D eigenvalue weighted by molar-refractivity contribution is 0.342. The Hall–Kier alpha value is -0.670. The first-order valence-corrected chi connectivity index (χ1v) is 7.44. The number of hydrogen-bond acceptors (Lipinski definition) is 2. The van der Waals surface area contributed by atoms with Crippen molar-refractivity contribution in [3.63, 3.8) is 0 Å². The normalized spacial score (nSPS) is 15.6. The van der Waals surface area contributed by atoms with Crippen LogP contribution in [0.15, 0.2) is 24.3 Å². The molecule has 1 aromatic rings. The molecule has 2 nitrogen and oxygen atoms in total. The van der Waals surface area contributed by atoms with Crippen molar-refractivity contribution in [2.75, 3.05) is 5.75 Å². The molecule has 0 aliphatic rings. The van der Waals surface area contributed by atoms with Crippen LogP contribution in [0.25, 0.3) is 0 Å². The van der Waals surface area contributed by atoms with Crippen molar-refractivity contribution in [2.24, 2.45) is 11.1 Å². The highest BCUT2D eigenvalue weighted by molar-refractivity contribution is 7.84. The first kappa shape index (κ1) is 14.4. The second-order valence-corrected chi connectivity index (χ2v) is 7.15. The lowest BCUT2D eigenvalue weighted by atomic mass is 9.89. The first-order valence-electron chi connectivity index (χ1n) is 5.96. The summed E-state index contributed by atoms with van der Waals surface area (Å²) < 4.78 is 12.1. The quantitative estimate of drug-likeness (QED) is 0.896. The fourth-order valence-electron chi connectivity index (χ4n) is 1.45. The molecule has 0 bridgehead atoms. The summed E-state index contributed by atoms with van der Waals surface area (Å²) in [6.45, 7) is 8.31. The summed E-state index contributed by atoms with van der Waals surface area (Å²) in [6, 6.07) is 8.06. The highest BCUT2D eigenvalue weighted by Gasteiger charge is 2.22. The monoisotopic (exact) mass is 253 g/mol. The average Bonchev–Trinajstić information content (AvgIpc) is 2.20. The lowest BCUT2D eigenvalue weighted by Crippen LogP contribution is -2.39. The molecule has 0 saturated carbocycles. The number of rotatable bonds is 4. The van der Waals surface area contributed by atoms with Crippen LogP contribution in [-0.2, 0) is 16.6 Å². The summed E-state index contributed by atoms with van der Waals surface area (Å²) in [4.78, 5) is 0. The third-order valence-corrected chi connectivity index (χ3v) is 4.42. The Bertz CT molecular complexity index is 395. The number of hydrogen-bond donors (Lipinski definition) is 1. The predicted octanol–water partition coefficient (Wildman–Crippen LogP) is 2.62. The molecule has 0 fully saturated rings. The molecule has 0 aliphatic carbocycles. The molecule has 2 atom stereocenters. The van der Waals surface area contributed by atoms with Crippen LogP contribution in [0, 0.1) is 12.3 Å². The number of nitrogens with two attached hydrogens (primary N) is 1. The van der Waals surface area contributed by atoms with Crippen LogP contribution in [0.1, 0.15) is 31.9 Å². The number of benzene rings is 1. The summed E-state index contributed by atoms with van der Waals surface area (Å²) in [6.07, 6.45) is 0. The molecule has 0 aliphatic heterocycles.